The van der Waals surface area contributed by atoms with Crippen molar-refractivity contribution in [3.05, 3.63) is 47.5 Å². The number of aryl methyl sites for hydroxylation is 1. The predicted molar refractivity (Wildman–Crippen MR) is 123 cm³/mol. The van der Waals surface area contributed by atoms with Crippen molar-refractivity contribution in [3.63, 3.8) is 0 Å². The Balaban J connectivity index is 1.64. The first-order valence-electron chi connectivity index (χ1n) is 11.3. The number of rotatable bonds is 5. The monoisotopic (exact) mass is 438 g/mol. The number of likely N-dealkylation sites (N-methyl/N-ethyl adjacent to an activating group) is 1. The van der Waals surface area contributed by atoms with Gasteiger partial charge in [-0.15, -0.1) is 0 Å². The zero-order valence-corrected chi connectivity index (χ0v) is 19.2. The molecule has 0 spiro atoms. The van der Waals surface area contributed by atoms with Gasteiger partial charge in [-0.3, -0.25) is 19.9 Å². The highest BCUT2D eigenvalue weighted by molar-refractivity contribution is 5.96. The van der Waals surface area contributed by atoms with E-state index in [1.54, 1.807) is 21.9 Å². The molecule has 2 aliphatic heterocycles. The number of benzene rings is 1. The standard InChI is InChI=1S/C25H31FN4O2/c1-5-29(4)24(32)25(3)11-10-21(28-25)22-14-17(13-16(2)27-22)19-15-18(8-9-20(19)26)30-12-6-7-23(30)31/h8-9,13-15,21,28H,5-7,10-12H2,1-4H3/t21-,25-/m1/s1. The lowest BCUT2D eigenvalue weighted by atomic mass is 9.98. The van der Waals surface area contributed by atoms with E-state index in [2.05, 4.69) is 5.32 Å². The van der Waals surface area contributed by atoms with Crippen LogP contribution in [0.5, 0.6) is 0 Å². The van der Waals surface area contributed by atoms with Crippen LogP contribution < -0.4 is 10.2 Å². The highest BCUT2D eigenvalue weighted by atomic mass is 19.1. The van der Waals surface area contributed by atoms with Crippen LogP contribution in [0.25, 0.3) is 11.1 Å². The van der Waals surface area contributed by atoms with Crippen LogP contribution in [0.1, 0.15) is 57.0 Å². The van der Waals surface area contributed by atoms with Crippen molar-refractivity contribution < 1.29 is 14.0 Å². The highest BCUT2D eigenvalue weighted by Gasteiger charge is 2.42. The second-order valence-electron chi connectivity index (χ2n) is 9.12. The van der Waals surface area contributed by atoms with Crippen LogP contribution in [-0.2, 0) is 9.59 Å². The smallest absolute Gasteiger partial charge is 0.242 e. The Morgan fingerprint density at radius 2 is 2.12 bits per heavy atom. The van der Waals surface area contributed by atoms with Gasteiger partial charge in [0.2, 0.25) is 11.8 Å². The van der Waals surface area contributed by atoms with Gasteiger partial charge in [-0.25, -0.2) is 4.39 Å². The topological polar surface area (TPSA) is 65.5 Å². The molecule has 0 saturated carbocycles. The van der Waals surface area contributed by atoms with Gasteiger partial charge in [0.25, 0.3) is 0 Å². The number of halogens is 1. The van der Waals surface area contributed by atoms with Gasteiger partial charge in [-0.1, -0.05) is 0 Å². The van der Waals surface area contributed by atoms with Crippen molar-refractivity contribution in [2.45, 2.75) is 58.0 Å². The summed E-state index contributed by atoms with van der Waals surface area (Å²) < 4.78 is 14.8. The molecule has 32 heavy (non-hydrogen) atoms. The van der Waals surface area contributed by atoms with Crippen LogP contribution in [0.2, 0.25) is 0 Å². The maximum atomic E-state index is 14.8. The molecule has 0 radical (unpaired) electrons. The van der Waals surface area contributed by atoms with Gasteiger partial charge in [-0.05, 0) is 75.9 Å². The van der Waals surface area contributed by atoms with E-state index in [9.17, 15) is 14.0 Å². The molecule has 3 heterocycles. The summed E-state index contributed by atoms with van der Waals surface area (Å²) in [5, 5.41) is 3.48. The summed E-state index contributed by atoms with van der Waals surface area (Å²) in [4.78, 5) is 33.1. The van der Waals surface area contributed by atoms with E-state index in [1.807, 2.05) is 40.0 Å². The largest absolute Gasteiger partial charge is 0.344 e. The molecule has 2 fully saturated rings. The van der Waals surface area contributed by atoms with Crippen LogP contribution >= 0.6 is 0 Å². The summed E-state index contributed by atoms with van der Waals surface area (Å²) >= 11 is 0. The average Bonchev–Trinajstić information content (AvgIpc) is 3.39. The summed E-state index contributed by atoms with van der Waals surface area (Å²) in [6, 6.07) is 8.52. The Hall–Kier alpha value is -2.80. The Bertz CT molecular complexity index is 1060. The molecular formula is C25H31FN4O2. The van der Waals surface area contributed by atoms with Gasteiger partial charge in [0.1, 0.15) is 5.82 Å². The molecule has 7 heteroatoms. The molecule has 6 nitrogen and oxygen atoms in total. The number of carbonyl (C=O) groups excluding carboxylic acids is 2. The molecule has 170 valence electrons. The van der Waals surface area contributed by atoms with Crippen LogP contribution in [0.3, 0.4) is 0 Å². The van der Waals surface area contributed by atoms with Crippen LogP contribution in [-0.4, -0.2) is 47.4 Å². The first kappa shape index (κ1) is 22.4. The fraction of sp³-hybridized carbons (Fsp3) is 0.480. The molecular weight excluding hydrogens is 407 g/mol. The third-order valence-corrected chi connectivity index (χ3v) is 6.70. The number of amides is 2. The zero-order chi connectivity index (χ0) is 23.0. The number of hydrogen-bond donors (Lipinski definition) is 1. The maximum Gasteiger partial charge on any atom is 0.242 e. The van der Waals surface area contributed by atoms with Crippen molar-refractivity contribution >= 4 is 17.5 Å². The Kier molecular flexibility index (Phi) is 6.03. The molecule has 0 bridgehead atoms. The van der Waals surface area contributed by atoms with Crippen molar-refractivity contribution in [1.82, 2.24) is 15.2 Å². The van der Waals surface area contributed by atoms with Gasteiger partial charge in [-0.2, -0.15) is 0 Å². The molecule has 2 atom stereocenters. The van der Waals surface area contributed by atoms with Crippen molar-refractivity contribution in [1.29, 1.82) is 0 Å². The molecule has 0 aliphatic carbocycles. The molecule has 2 amide bonds. The zero-order valence-electron chi connectivity index (χ0n) is 19.2. The van der Waals surface area contributed by atoms with Crippen molar-refractivity contribution in [2.24, 2.45) is 0 Å². The number of hydrogen-bond acceptors (Lipinski definition) is 4. The number of nitrogens with zero attached hydrogens (tertiary/aromatic N) is 3. The van der Waals surface area contributed by atoms with Gasteiger partial charge >= 0.3 is 0 Å². The number of aromatic nitrogens is 1. The molecule has 1 N–H and O–H groups in total. The van der Waals surface area contributed by atoms with Crippen molar-refractivity contribution in [3.8, 4) is 11.1 Å². The highest BCUT2D eigenvalue weighted by Crippen LogP contribution is 2.36. The minimum Gasteiger partial charge on any atom is -0.344 e. The summed E-state index contributed by atoms with van der Waals surface area (Å²) in [5.74, 6) is -0.185. The number of carbonyl (C=O) groups is 2. The summed E-state index contributed by atoms with van der Waals surface area (Å²) in [6.45, 7) is 7.11. The first-order valence-corrected chi connectivity index (χ1v) is 11.3. The van der Waals surface area contributed by atoms with Gasteiger partial charge < -0.3 is 9.80 Å². The summed E-state index contributed by atoms with van der Waals surface area (Å²) in [5.41, 5.74) is 2.86. The summed E-state index contributed by atoms with van der Waals surface area (Å²) in [7, 11) is 1.81. The predicted octanol–water partition coefficient (Wildman–Crippen LogP) is 3.98. The molecule has 1 aromatic carbocycles. The Morgan fingerprint density at radius 1 is 1.34 bits per heavy atom. The molecule has 1 aromatic heterocycles. The quantitative estimate of drug-likeness (QED) is 0.767. The minimum atomic E-state index is -0.637. The van der Waals surface area contributed by atoms with E-state index in [0.29, 0.717) is 31.5 Å². The fourth-order valence-corrected chi connectivity index (χ4v) is 4.77. The molecule has 4 rings (SSSR count). The lowest BCUT2D eigenvalue weighted by molar-refractivity contribution is -0.135. The minimum absolute atomic E-state index is 0.0735. The Labute approximate surface area is 188 Å². The first-order chi connectivity index (χ1) is 15.2. The molecule has 2 aromatic rings. The third-order valence-electron chi connectivity index (χ3n) is 6.70. The molecule has 0 unspecified atom stereocenters. The van der Waals surface area contributed by atoms with Crippen LogP contribution in [0.15, 0.2) is 30.3 Å². The number of nitrogens with one attached hydrogen (secondary N) is 1. The molecule has 2 saturated heterocycles. The van der Waals surface area contributed by atoms with E-state index < -0.39 is 5.54 Å². The second kappa shape index (κ2) is 8.62. The van der Waals surface area contributed by atoms with E-state index in [4.69, 9.17) is 4.98 Å². The second-order valence-corrected chi connectivity index (χ2v) is 9.12. The van der Waals surface area contributed by atoms with Crippen LogP contribution in [0.4, 0.5) is 10.1 Å². The maximum absolute atomic E-state index is 14.8. The molecule has 2 aliphatic rings. The average molecular weight is 439 g/mol. The number of anilines is 1. The van der Waals surface area contributed by atoms with Gasteiger partial charge in [0.05, 0.1) is 17.3 Å². The lowest BCUT2D eigenvalue weighted by Crippen LogP contribution is -2.52. The van der Waals surface area contributed by atoms with Gasteiger partial charge in [0.15, 0.2) is 0 Å². The van der Waals surface area contributed by atoms with Gasteiger partial charge in [0, 0.05) is 43.5 Å². The third kappa shape index (κ3) is 4.13. The lowest BCUT2D eigenvalue weighted by Gasteiger charge is -2.29. The van der Waals surface area contributed by atoms with Crippen LogP contribution in [0, 0.1) is 12.7 Å². The number of pyridine rings is 1. The van der Waals surface area contributed by atoms with E-state index in [0.717, 1.165) is 35.5 Å². The van der Waals surface area contributed by atoms with E-state index >= 15 is 0 Å². The fourth-order valence-electron chi connectivity index (χ4n) is 4.77. The Morgan fingerprint density at radius 3 is 2.81 bits per heavy atom. The summed E-state index contributed by atoms with van der Waals surface area (Å²) in [6.07, 6.45) is 2.85. The SMILES string of the molecule is CCN(C)C(=O)[C@@]1(C)CC[C@H](c2cc(-c3cc(N4CCCC4=O)ccc3F)cc(C)n2)N1. The normalized spacial score (nSPS) is 23.1. The van der Waals surface area contributed by atoms with E-state index in [-0.39, 0.29) is 23.7 Å². The van der Waals surface area contributed by atoms with Crippen molar-refractivity contribution in [2.75, 3.05) is 25.0 Å². The van der Waals surface area contributed by atoms with E-state index in [1.165, 1.54) is 6.07 Å².